The monoisotopic (exact) mass is 511 g/mol. The first kappa shape index (κ1) is 20.6. The predicted molar refractivity (Wildman–Crippen MR) is 96.2 cm³/mol. The molecule has 2 aromatic carbocycles. The number of ketones is 1. The van der Waals surface area contributed by atoms with Gasteiger partial charge >= 0.3 is 0 Å². The average Bonchev–Trinajstić information content (AvgIpc) is 2.55. The van der Waals surface area contributed by atoms with Crippen molar-refractivity contribution in [2.75, 3.05) is 0 Å². The third kappa shape index (κ3) is 5.86. The molecule has 0 aliphatic carbocycles. The van der Waals surface area contributed by atoms with Crippen molar-refractivity contribution in [2.45, 2.75) is 13.8 Å². The quantitative estimate of drug-likeness (QED) is 0.242. The van der Waals surface area contributed by atoms with Crippen LogP contribution < -0.4 is 4.57 Å². The number of hydrogen-bond donors (Lipinski definition) is 1. The van der Waals surface area contributed by atoms with Gasteiger partial charge in [-0.2, -0.15) is 0 Å². The Morgan fingerprint density at radius 2 is 1.76 bits per heavy atom. The van der Waals surface area contributed by atoms with Crippen molar-refractivity contribution in [3.63, 3.8) is 0 Å². The molecule has 3 aromatic rings. The smallest absolute Gasteiger partial charge is 0.155 e. The average molecular weight is 511 g/mol. The van der Waals surface area contributed by atoms with Gasteiger partial charge in [0, 0.05) is 33.2 Å². The van der Waals surface area contributed by atoms with Crippen molar-refractivity contribution in [1.82, 2.24) is 0 Å². The zero-order valence-corrected chi connectivity index (χ0v) is 16.6. The number of nitrogens with zero attached hydrogens (tertiary/aromatic N) is 1. The molecule has 1 N–H and O–H groups in total. The van der Waals surface area contributed by atoms with Gasteiger partial charge in [0.2, 0.25) is 0 Å². The summed E-state index contributed by atoms with van der Waals surface area (Å²) in [7, 11) is 4.12. The molecule has 4 heteroatoms. The van der Waals surface area contributed by atoms with E-state index < -0.39 is 0 Å². The molecule has 131 valence electrons. The molecule has 1 heterocycles. The summed E-state index contributed by atoms with van der Waals surface area (Å²) < 4.78 is 1.96. The molecule has 0 aliphatic rings. The van der Waals surface area contributed by atoms with Gasteiger partial charge in [0.1, 0.15) is 11.2 Å². The van der Waals surface area contributed by atoms with Gasteiger partial charge in [0.15, 0.2) is 5.78 Å². The van der Waals surface area contributed by atoms with E-state index in [-0.39, 0.29) is 31.6 Å². The zero-order chi connectivity index (χ0) is 17.5. The number of aromatic nitrogens is 1. The Labute approximate surface area is 162 Å². The van der Waals surface area contributed by atoms with Crippen LogP contribution in [0.4, 0.5) is 0 Å². The molecule has 0 bridgehead atoms. The van der Waals surface area contributed by atoms with Gasteiger partial charge in [-0.3, -0.25) is 4.79 Å². The van der Waals surface area contributed by atoms with Crippen LogP contribution in [0.15, 0.2) is 72.5 Å². The third-order valence-electron chi connectivity index (χ3n) is 3.34. The van der Waals surface area contributed by atoms with Crippen molar-refractivity contribution in [1.29, 1.82) is 0 Å². The van der Waals surface area contributed by atoms with E-state index in [2.05, 4.69) is 37.4 Å². The maximum Gasteiger partial charge on any atom is 0.155 e. The number of carbonyl (C=O) groups excluding carboxylic acids is 1. The van der Waals surface area contributed by atoms with E-state index in [1.54, 1.807) is 0 Å². The third-order valence-corrected chi connectivity index (χ3v) is 3.34. The number of hydrogen-bond acceptors (Lipinski definition) is 2. The van der Waals surface area contributed by atoms with Crippen LogP contribution in [-0.2, 0) is 24.9 Å². The molecule has 0 atom stereocenters. The number of fused-ring (bicyclic) bond motifs is 1. The van der Waals surface area contributed by atoms with Gasteiger partial charge in [-0.25, -0.2) is 0 Å². The van der Waals surface area contributed by atoms with Crippen LogP contribution in [0.1, 0.15) is 13.8 Å². The first-order valence-electron chi connectivity index (χ1n) is 7.58. The van der Waals surface area contributed by atoms with Crippen molar-refractivity contribution in [2.24, 2.45) is 0 Å². The van der Waals surface area contributed by atoms with Crippen LogP contribution in [0.3, 0.4) is 0 Å². The van der Waals surface area contributed by atoms with Gasteiger partial charge in [-0.15, -0.1) is 30.3 Å². The number of carbonyl (C=O) groups is 1. The molecule has 0 unspecified atom stereocenters. The van der Waals surface area contributed by atoms with Crippen LogP contribution >= 0.6 is 0 Å². The van der Waals surface area contributed by atoms with Crippen LogP contribution in [-0.4, -0.2) is 10.9 Å². The fraction of sp³-hybridized carbons (Fsp3) is 0.0952. The molecule has 0 spiro atoms. The summed E-state index contributed by atoms with van der Waals surface area (Å²) in [6.07, 6.45) is 1.17. The molecule has 25 heavy (non-hydrogen) atoms. The molecule has 1 aromatic heterocycles. The molecule has 0 saturated carbocycles. The number of pyridine rings is 1. The first-order valence-corrected chi connectivity index (χ1v) is 7.58. The van der Waals surface area contributed by atoms with Crippen LogP contribution in [0.5, 0.6) is 0 Å². The predicted octanol–water partition coefficient (Wildman–Crippen LogP) is 4.27. The molecule has 0 amide bonds. The maximum absolute atomic E-state index is 10.0. The second-order valence-corrected chi connectivity index (χ2v) is 5.38. The number of aliphatic hydroxyl groups excluding tert-OH is 1. The Hall–Kier alpha value is -2.42. The second kappa shape index (κ2) is 9.77. The van der Waals surface area contributed by atoms with Crippen LogP contribution in [0.2, 0.25) is 0 Å². The van der Waals surface area contributed by atoms with Gasteiger partial charge in [-0.05, 0) is 31.4 Å². The summed E-state index contributed by atoms with van der Waals surface area (Å²) >= 11 is 0. The normalized spacial score (nSPS) is 10.4. The minimum Gasteiger partial charge on any atom is -0.512 e. The SMILES string of the molecule is CC(=O)/C=C(/C)O.[CH2-][n+]1c(-c2[c-]cccc2)ccc2ccccc21.[Ir]. The van der Waals surface area contributed by atoms with Crippen LogP contribution in [0, 0.1) is 13.1 Å². The summed E-state index contributed by atoms with van der Waals surface area (Å²) in [4.78, 5) is 10.0. The molecular weight excluding hydrogens is 490 g/mol. The van der Waals surface area contributed by atoms with E-state index in [9.17, 15) is 4.79 Å². The summed E-state index contributed by atoms with van der Waals surface area (Å²) in [5, 5.41) is 9.56. The fourth-order valence-electron chi connectivity index (χ4n) is 2.34. The van der Waals surface area contributed by atoms with Gasteiger partial charge < -0.3 is 9.67 Å². The van der Waals surface area contributed by atoms with E-state index in [0.29, 0.717) is 0 Å². The summed E-state index contributed by atoms with van der Waals surface area (Å²) in [5.74, 6) is -0.0625. The number of benzene rings is 2. The Morgan fingerprint density at radius 1 is 1.08 bits per heavy atom. The summed E-state index contributed by atoms with van der Waals surface area (Å²) in [6.45, 7) is 2.85. The molecule has 3 nitrogen and oxygen atoms in total. The topological polar surface area (TPSA) is 41.2 Å². The maximum atomic E-state index is 10.0. The van der Waals surface area contributed by atoms with Crippen molar-refractivity contribution >= 4 is 16.7 Å². The first-order chi connectivity index (χ1) is 11.5. The molecule has 1 radical (unpaired) electrons. The fourth-order valence-corrected chi connectivity index (χ4v) is 2.34. The number of allylic oxidation sites excluding steroid dienone is 2. The summed E-state index contributed by atoms with van der Waals surface area (Å²) in [5.41, 5.74) is 3.26. The second-order valence-electron chi connectivity index (χ2n) is 5.38. The molecule has 3 rings (SSSR count). The molecule has 0 aliphatic heterocycles. The van der Waals surface area contributed by atoms with Gasteiger partial charge in [-0.1, -0.05) is 29.8 Å². The van der Waals surface area contributed by atoms with E-state index in [1.165, 1.54) is 25.3 Å². The van der Waals surface area contributed by atoms with Gasteiger partial charge in [0.05, 0.1) is 5.76 Å². The molecule has 0 fully saturated rings. The largest absolute Gasteiger partial charge is 0.512 e. The van der Waals surface area contributed by atoms with E-state index in [1.807, 2.05) is 41.0 Å². The Bertz CT molecular complexity index is 869. The molecule has 0 saturated heterocycles. The standard InChI is InChI=1S/C16H12N.C5H8O2.Ir/c1-17-15-10-6-5-9-14(15)11-12-16(17)13-7-3-2-4-8-13;1-4(6)3-5(2)7;/h2-7,9-12H,1H2;3,6H,1-2H3;/q-1;;/b;4-3-;. The minimum atomic E-state index is -0.125. The number of para-hydroxylation sites is 1. The zero-order valence-electron chi connectivity index (χ0n) is 14.2. The molecular formula is C21H20IrNO2-. The van der Waals surface area contributed by atoms with Crippen molar-refractivity contribution in [3.05, 3.63) is 85.6 Å². The Balaban J connectivity index is 0.000000339. The van der Waals surface area contributed by atoms with Crippen LogP contribution in [0.25, 0.3) is 22.2 Å². The van der Waals surface area contributed by atoms with E-state index in [0.717, 1.165) is 16.8 Å². The Morgan fingerprint density at radius 3 is 2.32 bits per heavy atom. The Kier molecular flexibility index (Phi) is 8.06. The number of aliphatic hydroxyl groups is 1. The minimum absolute atomic E-state index is 0. The van der Waals surface area contributed by atoms with E-state index >= 15 is 0 Å². The summed E-state index contributed by atoms with van der Waals surface area (Å²) in [6, 6.07) is 23.6. The number of rotatable bonds is 2. The van der Waals surface area contributed by atoms with E-state index in [4.69, 9.17) is 5.11 Å². The van der Waals surface area contributed by atoms with Gasteiger partial charge in [0.25, 0.3) is 0 Å². The van der Waals surface area contributed by atoms with Crippen molar-refractivity contribution in [3.8, 4) is 11.3 Å². The van der Waals surface area contributed by atoms with Crippen molar-refractivity contribution < 1.29 is 34.6 Å².